The van der Waals surface area contributed by atoms with E-state index in [1.165, 1.54) is 4.90 Å². The summed E-state index contributed by atoms with van der Waals surface area (Å²) in [5.41, 5.74) is 0.696. The van der Waals surface area contributed by atoms with Crippen molar-refractivity contribution in [1.82, 2.24) is 4.90 Å². The fourth-order valence-corrected chi connectivity index (χ4v) is 2.60. The minimum absolute atomic E-state index is 0.142. The topological polar surface area (TPSA) is 59.0 Å². The molecular weight excluding hydrogens is 365 g/mol. The summed E-state index contributed by atoms with van der Waals surface area (Å²) in [6, 6.07) is 11.8. The van der Waals surface area contributed by atoms with E-state index in [9.17, 15) is 9.90 Å². The lowest BCUT2D eigenvalue weighted by Gasteiger charge is -2.21. The molecule has 0 aromatic heterocycles. The summed E-state index contributed by atoms with van der Waals surface area (Å²) in [5.74, 6) is 0.802. The van der Waals surface area contributed by atoms with E-state index in [-0.39, 0.29) is 19.1 Å². The van der Waals surface area contributed by atoms with Gasteiger partial charge in [-0.15, -0.1) is 0 Å². The molecule has 0 saturated carbocycles. The fraction of sp³-hybridized carbons (Fsp3) is 0.278. The number of carbonyl (C=O) groups is 1. The highest BCUT2D eigenvalue weighted by Crippen LogP contribution is 2.27. The van der Waals surface area contributed by atoms with Crippen molar-refractivity contribution >= 4 is 29.1 Å². The van der Waals surface area contributed by atoms with E-state index in [1.807, 2.05) is 0 Å². The normalized spacial score (nSPS) is 11.7. The maximum Gasteiger partial charge on any atom is 0.260 e. The number of aliphatic hydroxyl groups excluding tert-OH is 1. The third kappa shape index (κ3) is 5.53. The predicted octanol–water partition coefficient (Wildman–Crippen LogP) is 3.57. The fourth-order valence-electron chi connectivity index (χ4n) is 2.13. The molecule has 2 rings (SSSR count). The van der Waals surface area contributed by atoms with Gasteiger partial charge in [-0.3, -0.25) is 4.79 Å². The Hall–Kier alpha value is -1.95. The number of hydrogen-bond donors (Lipinski definition) is 1. The van der Waals surface area contributed by atoms with Gasteiger partial charge in [0.2, 0.25) is 0 Å². The molecule has 0 spiro atoms. The number of carbonyl (C=O) groups excluding carboxylic acids is 1. The predicted molar refractivity (Wildman–Crippen MR) is 97.5 cm³/mol. The van der Waals surface area contributed by atoms with E-state index in [2.05, 4.69) is 0 Å². The Morgan fingerprint density at radius 2 is 1.88 bits per heavy atom. The van der Waals surface area contributed by atoms with Crippen molar-refractivity contribution in [3.8, 4) is 11.5 Å². The maximum atomic E-state index is 12.2. The number of ether oxygens (including phenoxy) is 2. The summed E-state index contributed by atoms with van der Waals surface area (Å²) in [7, 11) is 3.17. The van der Waals surface area contributed by atoms with Crippen LogP contribution in [-0.2, 0) is 4.79 Å². The van der Waals surface area contributed by atoms with Crippen LogP contribution in [-0.4, -0.2) is 43.2 Å². The van der Waals surface area contributed by atoms with Crippen molar-refractivity contribution in [1.29, 1.82) is 0 Å². The Balaban J connectivity index is 1.88. The zero-order chi connectivity index (χ0) is 18.4. The van der Waals surface area contributed by atoms with Gasteiger partial charge in [-0.25, -0.2) is 0 Å². The first-order chi connectivity index (χ1) is 11.9. The Bertz CT molecular complexity index is 722. The third-order valence-electron chi connectivity index (χ3n) is 3.62. The molecule has 0 aliphatic rings. The van der Waals surface area contributed by atoms with Crippen LogP contribution in [0.2, 0.25) is 10.0 Å². The molecular formula is C18H19Cl2NO4. The number of aliphatic hydroxyl groups is 1. The Morgan fingerprint density at radius 3 is 2.48 bits per heavy atom. The summed E-state index contributed by atoms with van der Waals surface area (Å²) in [4.78, 5) is 13.6. The number of halogens is 2. The Morgan fingerprint density at radius 1 is 1.20 bits per heavy atom. The number of benzene rings is 2. The van der Waals surface area contributed by atoms with E-state index in [1.54, 1.807) is 56.6 Å². The number of nitrogens with zero attached hydrogens (tertiary/aromatic N) is 1. The Labute approximate surface area is 156 Å². The van der Waals surface area contributed by atoms with Crippen LogP contribution in [0, 0.1) is 0 Å². The van der Waals surface area contributed by atoms with E-state index in [0.717, 1.165) is 0 Å². The SMILES string of the molecule is COc1ccc(C(O)CN(C)C(=O)COc2ccc(Cl)cc2Cl)cc1. The molecule has 5 nitrogen and oxygen atoms in total. The monoisotopic (exact) mass is 383 g/mol. The van der Waals surface area contributed by atoms with Crippen LogP contribution in [0.3, 0.4) is 0 Å². The smallest absolute Gasteiger partial charge is 0.260 e. The quantitative estimate of drug-likeness (QED) is 0.793. The number of hydrogen-bond acceptors (Lipinski definition) is 4. The van der Waals surface area contributed by atoms with Crippen LogP contribution >= 0.6 is 23.2 Å². The van der Waals surface area contributed by atoms with Gasteiger partial charge in [0.1, 0.15) is 11.5 Å². The summed E-state index contributed by atoms with van der Waals surface area (Å²) in [6.45, 7) is -0.0456. The van der Waals surface area contributed by atoms with Gasteiger partial charge >= 0.3 is 0 Å². The van der Waals surface area contributed by atoms with Crippen LogP contribution in [0.4, 0.5) is 0 Å². The van der Waals surface area contributed by atoms with Gasteiger partial charge in [-0.1, -0.05) is 35.3 Å². The molecule has 0 bridgehead atoms. The zero-order valence-corrected chi connectivity index (χ0v) is 15.4. The maximum absolute atomic E-state index is 12.2. The standard InChI is InChI=1S/C18H19Cl2NO4/c1-21(10-16(22)12-3-6-14(24-2)7-4-12)18(23)11-25-17-8-5-13(19)9-15(17)20/h3-9,16,22H,10-11H2,1-2H3. The molecule has 0 radical (unpaired) electrons. The molecule has 7 heteroatoms. The molecule has 1 amide bonds. The number of likely N-dealkylation sites (N-methyl/N-ethyl adjacent to an activating group) is 1. The van der Waals surface area contributed by atoms with Gasteiger partial charge in [0.15, 0.2) is 6.61 Å². The van der Waals surface area contributed by atoms with Crippen molar-refractivity contribution in [2.45, 2.75) is 6.10 Å². The zero-order valence-electron chi connectivity index (χ0n) is 13.9. The van der Waals surface area contributed by atoms with E-state index in [0.29, 0.717) is 27.1 Å². The van der Waals surface area contributed by atoms with Crippen LogP contribution < -0.4 is 9.47 Å². The van der Waals surface area contributed by atoms with Gasteiger partial charge in [0.05, 0.1) is 24.8 Å². The van der Waals surface area contributed by atoms with Crippen molar-refractivity contribution in [2.24, 2.45) is 0 Å². The highest BCUT2D eigenvalue weighted by molar-refractivity contribution is 6.35. The van der Waals surface area contributed by atoms with Gasteiger partial charge in [-0.05, 0) is 35.9 Å². The van der Waals surface area contributed by atoms with Crippen LogP contribution in [0.15, 0.2) is 42.5 Å². The molecule has 0 aliphatic carbocycles. The van der Waals surface area contributed by atoms with Gasteiger partial charge < -0.3 is 19.5 Å². The number of methoxy groups -OCH3 is 1. The van der Waals surface area contributed by atoms with Crippen LogP contribution in [0.1, 0.15) is 11.7 Å². The second-order valence-corrected chi connectivity index (χ2v) is 6.27. The van der Waals surface area contributed by atoms with Gasteiger partial charge in [0, 0.05) is 12.1 Å². The highest BCUT2D eigenvalue weighted by atomic mass is 35.5. The lowest BCUT2D eigenvalue weighted by Crippen LogP contribution is -2.34. The van der Waals surface area contributed by atoms with E-state index >= 15 is 0 Å². The lowest BCUT2D eigenvalue weighted by molar-refractivity contribution is -0.133. The first-order valence-corrected chi connectivity index (χ1v) is 8.30. The summed E-state index contributed by atoms with van der Waals surface area (Å²) < 4.78 is 10.5. The van der Waals surface area contributed by atoms with Crippen molar-refractivity contribution in [3.63, 3.8) is 0 Å². The number of amides is 1. The first-order valence-electron chi connectivity index (χ1n) is 7.54. The second-order valence-electron chi connectivity index (χ2n) is 5.43. The molecule has 0 saturated heterocycles. The second kappa shape index (κ2) is 8.94. The first kappa shape index (κ1) is 19.4. The largest absolute Gasteiger partial charge is 0.497 e. The molecule has 1 unspecified atom stereocenters. The molecule has 134 valence electrons. The van der Waals surface area contributed by atoms with Crippen LogP contribution in [0.25, 0.3) is 0 Å². The van der Waals surface area contributed by atoms with Crippen molar-refractivity contribution < 1.29 is 19.4 Å². The van der Waals surface area contributed by atoms with E-state index < -0.39 is 6.10 Å². The molecule has 1 N–H and O–H groups in total. The third-order valence-corrected chi connectivity index (χ3v) is 4.15. The minimum Gasteiger partial charge on any atom is -0.497 e. The molecule has 0 heterocycles. The molecule has 25 heavy (non-hydrogen) atoms. The molecule has 1 atom stereocenters. The Kier molecular flexibility index (Phi) is 6.93. The van der Waals surface area contributed by atoms with Crippen molar-refractivity contribution in [2.75, 3.05) is 27.3 Å². The average Bonchev–Trinajstić information content (AvgIpc) is 2.60. The van der Waals surface area contributed by atoms with Gasteiger partial charge in [-0.2, -0.15) is 0 Å². The summed E-state index contributed by atoms with van der Waals surface area (Å²) in [5, 5.41) is 11.1. The number of rotatable bonds is 7. The molecule has 2 aromatic carbocycles. The highest BCUT2D eigenvalue weighted by Gasteiger charge is 2.16. The average molecular weight is 384 g/mol. The van der Waals surface area contributed by atoms with E-state index in [4.69, 9.17) is 32.7 Å². The van der Waals surface area contributed by atoms with Crippen molar-refractivity contribution in [3.05, 3.63) is 58.1 Å². The van der Waals surface area contributed by atoms with Gasteiger partial charge in [0.25, 0.3) is 5.91 Å². The minimum atomic E-state index is -0.807. The van der Waals surface area contributed by atoms with Crippen LogP contribution in [0.5, 0.6) is 11.5 Å². The lowest BCUT2D eigenvalue weighted by atomic mass is 10.1. The summed E-state index contributed by atoms with van der Waals surface area (Å²) in [6.07, 6.45) is -0.807. The molecule has 2 aromatic rings. The summed E-state index contributed by atoms with van der Waals surface area (Å²) >= 11 is 11.8. The molecule has 0 aliphatic heterocycles. The molecule has 0 fully saturated rings.